The average Bonchev–Trinajstić information content (AvgIpc) is 3.15. The van der Waals surface area contributed by atoms with Crippen LogP contribution in [0.4, 0.5) is 5.69 Å². The maximum Gasteiger partial charge on any atom is 0.231 e. The SMILES string of the molecule is O=C(C1CCOCC1)N(Cc1ccc2c(c1)OCO2)c1ccccc1. The highest BCUT2D eigenvalue weighted by molar-refractivity contribution is 5.95. The second-order valence-corrected chi connectivity index (χ2v) is 6.33. The van der Waals surface area contributed by atoms with Crippen LogP contribution in [-0.2, 0) is 16.1 Å². The van der Waals surface area contributed by atoms with Crippen molar-refractivity contribution in [1.82, 2.24) is 0 Å². The van der Waals surface area contributed by atoms with Crippen LogP contribution in [-0.4, -0.2) is 25.9 Å². The number of hydrogen-bond donors (Lipinski definition) is 0. The summed E-state index contributed by atoms with van der Waals surface area (Å²) in [5.41, 5.74) is 1.94. The Balaban J connectivity index is 1.60. The van der Waals surface area contributed by atoms with Crippen molar-refractivity contribution in [2.24, 2.45) is 5.92 Å². The molecule has 2 aliphatic rings. The summed E-state index contributed by atoms with van der Waals surface area (Å²) in [5, 5.41) is 0. The predicted molar refractivity (Wildman–Crippen MR) is 93.7 cm³/mol. The molecule has 1 amide bonds. The Hall–Kier alpha value is -2.53. The minimum absolute atomic E-state index is 0.0166. The third kappa shape index (κ3) is 3.46. The number of benzene rings is 2. The molecule has 0 N–H and O–H groups in total. The third-order valence-electron chi connectivity index (χ3n) is 4.68. The average molecular weight is 339 g/mol. The minimum Gasteiger partial charge on any atom is -0.454 e. The smallest absolute Gasteiger partial charge is 0.231 e. The van der Waals surface area contributed by atoms with Crippen LogP contribution in [0.15, 0.2) is 48.5 Å². The van der Waals surface area contributed by atoms with Gasteiger partial charge in [0.2, 0.25) is 12.7 Å². The summed E-state index contributed by atoms with van der Waals surface area (Å²) in [6.07, 6.45) is 1.56. The summed E-state index contributed by atoms with van der Waals surface area (Å²) < 4.78 is 16.2. The Morgan fingerprint density at radius 3 is 2.56 bits per heavy atom. The summed E-state index contributed by atoms with van der Waals surface area (Å²) in [5.74, 6) is 1.67. The Morgan fingerprint density at radius 1 is 1.00 bits per heavy atom. The number of anilines is 1. The Bertz CT molecular complexity index is 741. The largest absolute Gasteiger partial charge is 0.454 e. The highest BCUT2D eigenvalue weighted by Crippen LogP contribution is 2.33. The summed E-state index contributed by atoms with van der Waals surface area (Å²) in [6, 6.07) is 15.7. The minimum atomic E-state index is 0.0166. The second kappa shape index (κ2) is 7.15. The summed E-state index contributed by atoms with van der Waals surface area (Å²) in [6.45, 7) is 2.07. The van der Waals surface area contributed by atoms with Gasteiger partial charge in [-0.25, -0.2) is 0 Å². The van der Waals surface area contributed by atoms with Gasteiger partial charge in [0.15, 0.2) is 11.5 Å². The fourth-order valence-corrected chi connectivity index (χ4v) is 3.29. The number of amides is 1. The van der Waals surface area contributed by atoms with Crippen LogP contribution in [0, 0.1) is 5.92 Å². The molecule has 0 aromatic heterocycles. The van der Waals surface area contributed by atoms with Crippen molar-refractivity contribution in [2.45, 2.75) is 19.4 Å². The summed E-state index contributed by atoms with van der Waals surface area (Å²) >= 11 is 0. The molecule has 0 unspecified atom stereocenters. The first kappa shape index (κ1) is 16.0. The van der Waals surface area contributed by atoms with Crippen LogP contribution in [0.5, 0.6) is 11.5 Å². The van der Waals surface area contributed by atoms with Gasteiger partial charge in [-0.05, 0) is 42.7 Å². The molecule has 4 rings (SSSR count). The monoisotopic (exact) mass is 339 g/mol. The second-order valence-electron chi connectivity index (χ2n) is 6.33. The number of carbonyl (C=O) groups is 1. The van der Waals surface area contributed by atoms with Crippen LogP contribution in [0.1, 0.15) is 18.4 Å². The maximum absolute atomic E-state index is 13.2. The van der Waals surface area contributed by atoms with Gasteiger partial charge in [0, 0.05) is 24.8 Å². The zero-order chi connectivity index (χ0) is 17.1. The summed E-state index contributed by atoms with van der Waals surface area (Å²) in [7, 11) is 0. The molecule has 1 saturated heterocycles. The molecule has 5 heteroatoms. The molecule has 0 atom stereocenters. The van der Waals surface area contributed by atoms with Gasteiger partial charge in [0.25, 0.3) is 0 Å². The van der Waals surface area contributed by atoms with Gasteiger partial charge in [-0.1, -0.05) is 24.3 Å². The molecule has 130 valence electrons. The van der Waals surface area contributed by atoms with Crippen molar-refractivity contribution in [3.63, 3.8) is 0 Å². The van der Waals surface area contributed by atoms with E-state index in [0.717, 1.165) is 35.6 Å². The van der Waals surface area contributed by atoms with E-state index >= 15 is 0 Å². The lowest BCUT2D eigenvalue weighted by atomic mass is 9.98. The van der Waals surface area contributed by atoms with Gasteiger partial charge < -0.3 is 19.1 Å². The number of ether oxygens (including phenoxy) is 3. The van der Waals surface area contributed by atoms with E-state index < -0.39 is 0 Å². The van der Waals surface area contributed by atoms with Crippen molar-refractivity contribution < 1.29 is 19.0 Å². The Labute approximate surface area is 147 Å². The van der Waals surface area contributed by atoms with E-state index in [1.165, 1.54) is 0 Å². The fraction of sp³-hybridized carbons (Fsp3) is 0.350. The molecule has 1 fully saturated rings. The molecule has 25 heavy (non-hydrogen) atoms. The van der Waals surface area contributed by atoms with Crippen molar-refractivity contribution >= 4 is 11.6 Å². The number of hydrogen-bond acceptors (Lipinski definition) is 4. The van der Waals surface area contributed by atoms with Gasteiger partial charge in [-0.3, -0.25) is 4.79 Å². The quantitative estimate of drug-likeness (QED) is 0.857. The number of rotatable bonds is 4. The van der Waals surface area contributed by atoms with Crippen molar-refractivity contribution in [2.75, 3.05) is 24.9 Å². The standard InChI is InChI=1S/C20H21NO4/c22-20(16-8-10-23-11-9-16)21(17-4-2-1-3-5-17)13-15-6-7-18-19(12-15)25-14-24-18/h1-7,12,16H,8-11,13-14H2. The molecule has 0 spiro atoms. The lowest BCUT2D eigenvalue weighted by Crippen LogP contribution is -2.38. The van der Waals surface area contributed by atoms with E-state index in [2.05, 4.69) is 0 Å². The van der Waals surface area contributed by atoms with Gasteiger partial charge in [0.05, 0.1) is 6.54 Å². The molecule has 2 heterocycles. The third-order valence-corrected chi connectivity index (χ3v) is 4.68. The van der Waals surface area contributed by atoms with Crippen LogP contribution < -0.4 is 14.4 Å². The Morgan fingerprint density at radius 2 is 1.76 bits per heavy atom. The van der Waals surface area contributed by atoms with Crippen molar-refractivity contribution in [3.05, 3.63) is 54.1 Å². The van der Waals surface area contributed by atoms with Crippen LogP contribution in [0.25, 0.3) is 0 Å². The van der Waals surface area contributed by atoms with Gasteiger partial charge in [-0.15, -0.1) is 0 Å². The lowest BCUT2D eigenvalue weighted by Gasteiger charge is -2.29. The number of nitrogens with zero attached hydrogens (tertiary/aromatic N) is 1. The molecule has 5 nitrogen and oxygen atoms in total. The molecule has 2 aromatic carbocycles. The normalized spacial score (nSPS) is 16.6. The van der Waals surface area contributed by atoms with E-state index in [1.807, 2.05) is 53.4 Å². The van der Waals surface area contributed by atoms with Crippen LogP contribution in [0.2, 0.25) is 0 Å². The van der Waals surface area contributed by atoms with Crippen molar-refractivity contribution in [1.29, 1.82) is 0 Å². The molecular formula is C20H21NO4. The highest BCUT2D eigenvalue weighted by atomic mass is 16.7. The number of carbonyl (C=O) groups excluding carboxylic acids is 1. The number of fused-ring (bicyclic) bond motifs is 1. The zero-order valence-electron chi connectivity index (χ0n) is 14.0. The van der Waals surface area contributed by atoms with Crippen LogP contribution in [0.3, 0.4) is 0 Å². The van der Waals surface area contributed by atoms with Crippen molar-refractivity contribution in [3.8, 4) is 11.5 Å². The van der Waals surface area contributed by atoms with Gasteiger partial charge in [-0.2, -0.15) is 0 Å². The first-order valence-electron chi connectivity index (χ1n) is 8.64. The highest BCUT2D eigenvalue weighted by Gasteiger charge is 2.27. The van der Waals surface area contributed by atoms with E-state index in [-0.39, 0.29) is 18.6 Å². The zero-order valence-corrected chi connectivity index (χ0v) is 14.0. The molecule has 2 aliphatic heterocycles. The fourth-order valence-electron chi connectivity index (χ4n) is 3.29. The molecular weight excluding hydrogens is 318 g/mol. The molecule has 0 radical (unpaired) electrons. The maximum atomic E-state index is 13.2. The Kier molecular flexibility index (Phi) is 4.57. The molecule has 2 aromatic rings. The number of para-hydroxylation sites is 1. The van der Waals surface area contributed by atoms with E-state index in [4.69, 9.17) is 14.2 Å². The van der Waals surface area contributed by atoms with Crippen LogP contribution >= 0.6 is 0 Å². The molecule has 0 bridgehead atoms. The first-order chi connectivity index (χ1) is 12.3. The molecule has 0 aliphatic carbocycles. The lowest BCUT2D eigenvalue weighted by molar-refractivity contribution is -0.125. The molecule has 0 saturated carbocycles. The van der Waals surface area contributed by atoms with Gasteiger partial charge >= 0.3 is 0 Å². The van der Waals surface area contributed by atoms with E-state index in [1.54, 1.807) is 0 Å². The van der Waals surface area contributed by atoms with E-state index in [9.17, 15) is 4.79 Å². The topological polar surface area (TPSA) is 48.0 Å². The van der Waals surface area contributed by atoms with E-state index in [0.29, 0.717) is 19.8 Å². The first-order valence-corrected chi connectivity index (χ1v) is 8.64. The summed E-state index contributed by atoms with van der Waals surface area (Å²) in [4.78, 5) is 15.0. The predicted octanol–water partition coefficient (Wildman–Crippen LogP) is 3.38. The van der Waals surface area contributed by atoms with Gasteiger partial charge in [0.1, 0.15) is 0 Å².